The lowest BCUT2D eigenvalue weighted by Gasteiger charge is -2.24. The number of hydrogen-bond acceptors (Lipinski definition) is 3. The van der Waals surface area contributed by atoms with Gasteiger partial charge in [-0.05, 0) is 64.7 Å². The van der Waals surface area contributed by atoms with Gasteiger partial charge in [-0.3, -0.25) is 4.79 Å². The minimum absolute atomic E-state index is 0.130. The summed E-state index contributed by atoms with van der Waals surface area (Å²) in [5.74, 6) is -1.79. The molecule has 0 heterocycles. The van der Waals surface area contributed by atoms with Crippen molar-refractivity contribution in [1.82, 2.24) is 5.32 Å². The van der Waals surface area contributed by atoms with Crippen LogP contribution in [0.4, 0.5) is 8.78 Å². The average Bonchev–Trinajstić information content (AvgIpc) is 2.62. The molecule has 7 heteroatoms. The van der Waals surface area contributed by atoms with Crippen molar-refractivity contribution in [3.05, 3.63) is 69.7 Å². The Hall–Kier alpha value is -1.83. The predicted molar refractivity (Wildman–Crippen MR) is 97.4 cm³/mol. The first-order chi connectivity index (χ1) is 12.2. The lowest BCUT2D eigenvalue weighted by Crippen LogP contribution is -2.44. The van der Waals surface area contributed by atoms with E-state index in [0.717, 1.165) is 11.6 Å². The number of hydrogen-bond donors (Lipinski definition) is 3. The molecule has 0 aliphatic carbocycles. The van der Waals surface area contributed by atoms with Gasteiger partial charge in [0.1, 0.15) is 11.6 Å². The first-order valence-corrected chi connectivity index (χ1v) is 8.85. The van der Waals surface area contributed by atoms with Crippen molar-refractivity contribution < 1.29 is 23.8 Å². The Morgan fingerprint density at radius 2 is 1.88 bits per heavy atom. The Morgan fingerprint density at radius 1 is 1.23 bits per heavy atom. The van der Waals surface area contributed by atoms with Crippen LogP contribution < -0.4 is 5.32 Å². The van der Waals surface area contributed by atoms with Gasteiger partial charge >= 0.3 is 0 Å². The Bertz CT molecular complexity index is 766. The van der Waals surface area contributed by atoms with Crippen LogP contribution in [0.5, 0.6) is 0 Å². The summed E-state index contributed by atoms with van der Waals surface area (Å²) < 4.78 is 26.4. The molecule has 0 fully saturated rings. The summed E-state index contributed by atoms with van der Waals surface area (Å²) >= 11 is 3.03. The normalized spacial score (nSPS) is 14.5. The maximum atomic E-state index is 13.3. The third-order valence-electron chi connectivity index (χ3n) is 4.17. The summed E-state index contributed by atoms with van der Waals surface area (Å²) in [6, 6.07) is 9.74. The van der Waals surface area contributed by atoms with E-state index in [9.17, 15) is 23.8 Å². The highest BCUT2D eigenvalue weighted by atomic mass is 79.9. The molecule has 2 aromatic rings. The lowest BCUT2D eigenvalue weighted by atomic mass is 9.94. The van der Waals surface area contributed by atoms with E-state index < -0.39 is 17.3 Å². The van der Waals surface area contributed by atoms with Gasteiger partial charge in [-0.25, -0.2) is 8.78 Å². The van der Waals surface area contributed by atoms with Crippen molar-refractivity contribution in [2.45, 2.75) is 18.9 Å². The predicted octanol–water partition coefficient (Wildman–Crippen LogP) is 2.90. The summed E-state index contributed by atoms with van der Waals surface area (Å²) in [7, 11) is 0. The minimum atomic E-state index is -1.86. The highest BCUT2D eigenvalue weighted by Crippen LogP contribution is 2.26. The molecular formula is C19H20BrF2NO3. The molecule has 140 valence electrons. The molecule has 26 heavy (non-hydrogen) atoms. The summed E-state index contributed by atoms with van der Waals surface area (Å²) in [5.41, 5.74) is -0.789. The van der Waals surface area contributed by atoms with E-state index in [-0.39, 0.29) is 34.9 Å². The van der Waals surface area contributed by atoms with Crippen molar-refractivity contribution in [3.8, 4) is 0 Å². The van der Waals surface area contributed by atoms with Crippen molar-refractivity contribution in [3.63, 3.8) is 0 Å². The van der Waals surface area contributed by atoms with Gasteiger partial charge in [-0.1, -0.05) is 18.2 Å². The van der Waals surface area contributed by atoms with Crippen LogP contribution in [0.3, 0.4) is 0 Å². The minimum Gasteiger partial charge on any atom is -0.396 e. The molecule has 2 rings (SSSR count). The molecule has 0 saturated carbocycles. The van der Waals surface area contributed by atoms with Crippen molar-refractivity contribution in [2.24, 2.45) is 5.92 Å². The summed E-state index contributed by atoms with van der Waals surface area (Å²) in [6.45, 7) is 1.27. The highest BCUT2D eigenvalue weighted by Gasteiger charge is 2.33. The largest absolute Gasteiger partial charge is 0.396 e. The van der Waals surface area contributed by atoms with Gasteiger partial charge in [0.15, 0.2) is 5.60 Å². The molecule has 0 bridgehead atoms. The van der Waals surface area contributed by atoms with Crippen molar-refractivity contribution in [1.29, 1.82) is 0 Å². The van der Waals surface area contributed by atoms with E-state index in [0.29, 0.717) is 6.42 Å². The van der Waals surface area contributed by atoms with Crippen LogP contribution in [0, 0.1) is 17.6 Å². The fourth-order valence-electron chi connectivity index (χ4n) is 2.49. The van der Waals surface area contributed by atoms with Crippen molar-refractivity contribution in [2.75, 3.05) is 13.2 Å². The molecule has 0 aromatic heterocycles. The van der Waals surface area contributed by atoms with Gasteiger partial charge in [0, 0.05) is 19.1 Å². The standard InChI is InChI=1S/C19H20BrF2NO3/c1-19(26,14-4-7-17(22)16(20)9-14)18(25)23-10-13(11-24)8-12-2-5-15(21)6-3-12/h2-7,9,13,24,26H,8,10-11H2,1H3,(H,23,25). The third-order valence-corrected chi connectivity index (χ3v) is 4.78. The first kappa shape index (κ1) is 20.5. The fraction of sp³-hybridized carbons (Fsp3) is 0.316. The molecule has 0 aliphatic heterocycles. The van der Waals surface area contributed by atoms with Gasteiger partial charge in [-0.2, -0.15) is 0 Å². The van der Waals surface area contributed by atoms with Crippen LogP contribution in [0.2, 0.25) is 0 Å². The SMILES string of the molecule is CC(O)(C(=O)NCC(CO)Cc1ccc(F)cc1)c1ccc(F)c(Br)c1. The van der Waals surface area contributed by atoms with Crippen LogP contribution in [0.25, 0.3) is 0 Å². The average molecular weight is 428 g/mol. The molecule has 0 aliphatic rings. The molecule has 1 amide bonds. The quantitative estimate of drug-likeness (QED) is 0.636. The third kappa shape index (κ3) is 5.09. The lowest BCUT2D eigenvalue weighted by molar-refractivity contribution is -0.139. The van der Waals surface area contributed by atoms with Gasteiger partial charge < -0.3 is 15.5 Å². The zero-order valence-electron chi connectivity index (χ0n) is 14.2. The molecule has 4 nitrogen and oxygen atoms in total. The van der Waals surface area contributed by atoms with E-state index in [1.807, 2.05) is 0 Å². The number of carbonyl (C=O) groups excluding carboxylic acids is 1. The molecule has 3 N–H and O–H groups in total. The number of benzene rings is 2. The second kappa shape index (κ2) is 8.70. The Morgan fingerprint density at radius 3 is 2.46 bits per heavy atom. The molecule has 0 saturated heterocycles. The highest BCUT2D eigenvalue weighted by molar-refractivity contribution is 9.10. The van der Waals surface area contributed by atoms with Gasteiger partial charge in [0.05, 0.1) is 4.47 Å². The number of nitrogens with one attached hydrogen (secondary N) is 1. The first-order valence-electron chi connectivity index (χ1n) is 8.05. The van der Waals surface area contributed by atoms with E-state index >= 15 is 0 Å². The number of aliphatic hydroxyl groups excluding tert-OH is 1. The summed E-state index contributed by atoms with van der Waals surface area (Å²) in [5, 5.41) is 22.6. The second-order valence-electron chi connectivity index (χ2n) is 6.29. The summed E-state index contributed by atoms with van der Waals surface area (Å²) in [4.78, 5) is 12.4. The molecule has 2 atom stereocenters. The number of aliphatic hydroxyl groups is 2. The van der Waals surface area contributed by atoms with Crippen LogP contribution >= 0.6 is 15.9 Å². The van der Waals surface area contributed by atoms with E-state index in [2.05, 4.69) is 21.2 Å². The monoisotopic (exact) mass is 427 g/mol. The Labute approximate surface area is 159 Å². The second-order valence-corrected chi connectivity index (χ2v) is 7.14. The summed E-state index contributed by atoms with van der Waals surface area (Å²) in [6.07, 6.45) is 0.446. The Kier molecular flexibility index (Phi) is 6.86. The van der Waals surface area contributed by atoms with E-state index in [1.54, 1.807) is 12.1 Å². The molecule has 2 unspecified atom stereocenters. The maximum Gasteiger partial charge on any atom is 0.256 e. The van der Waals surface area contributed by atoms with Gasteiger partial charge in [-0.15, -0.1) is 0 Å². The maximum absolute atomic E-state index is 13.3. The smallest absolute Gasteiger partial charge is 0.256 e. The van der Waals surface area contributed by atoms with Gasteiger partial charge in [0.25, 0.3) is 5.91 Å². The van der Waals surface area contributed by atoms with Gasteiger partial charge in [0.2, 0.25) is 0 Å². The topological polar surface area (TPSA) is 69.6 Å². The zero-order chi connectivity index (χ0) is 19.3. The molecule has 2 aromatic carbocycles. The van der Waals surface area contributed by atoms with Crippen LogP contribution in [0.1, 0.15) is 18.1 Å². The van der Waals surface area contributed by atoms with E-state index in [1.165, 1.54) is 31.2 Å². The number of carbonyl (C=O) groups is 1. The number of amides is 1. The molecular weight excluding hydrogens is 408 g/mol. The van der Waals surface area contributed by atoms with Crippen LogP contribution in [0.15, 0.2) is 46.9 Å². The van der Waals surface area contributed by atoms with Crippen LogP contribution in [-0.4, -0.2) is 29.3 Å². The Balaban J connectivity index is 2.00. The zero-order valence-corrected chi connectivity index (χ0v) is 15.8. The molecule has 0 radical (unpaired) electrons. The number of rotatable bonds is 7. The van der Waals surface area contributed by atoms with Crippen molar-refractivity contribution >= 4 is 21.8 Å². The molecule has 0 spiro atoms. The van der Waals surface area contributed by atoms with Crippen LogP contribution in [-0.2, 0) is 16.8 Å². The fourth-order valence-corrected chi connectivity index (χ4v) is 2.87. The van der Waals surface area contributed by atoms with E-state index in [4.69, 9.17) is 0 Å². The number of halogens is 3.